The van der Waals surface area contributed by atoms with E-state index in [1.54, 1.807) is 14.0 Å². The number of fused-ring (bicyclic) bond motifs is 1. The first kappa shape index (κ1) is 28.6. The summed E-state index contributed by atoms with van der Waals surface area (Å²) in [6.07, 6.45) is 0.904. The summed E-state index contributed by atoms with van der Waals surface area (Å²) in [5.41, 5.74) is 6.72. The molecule has 0 saturated carbocycles. The zero-order valence-electron chi connectivity index (χ0n) is 24.4. The molecule has 0 aliphatic carbocycles. The second kappa shape index (κ2) is 13.1. The smallest absolute Gasteiger partial charge is 0.357 e. The van der Waals surface area contributed by atoms with Crippen LogP contribution in [0.25, 0.3) is 27.8 Å². The summed E-state index contributed by atoms with van der Waals surface area (Å²) < 4.78 is 17.9. The highest BCUT2D eigenvalue weighted by Gasteiger charge is 2.24. The maximum absolute atomic E-state index is 13.0. The Bertz CT molecular complexity index is 1480. The van der Waals surface area contributed by atoms with Crippen LogP contribution < -0.4 is 10.2 Å². The third kappa shape index (κ3) is 6.36. The van der Waals surface area contributed by atoms with Gasteiger partial charge in [-0.2, -0.15) is 5.10 Å². The predicted molar refractivity (Wildman–Crippen MR) is 162 cm³/mol. The number of benzene rings is 2. The van der Waals surface area contributed by atoms with Crippen molar-refractivity contribution >= 4 is 28.4 Å². The second-order valence-corrected chi connectivity index (χ2v) is 10.4. The highest BCUT2D eigenvalue weighted by molar-refractivity contribution is 6.00. The number of rotatable bonds is 11. The molecule has 1 N–H and O–H groups in total. The second-order valence-electron chi connectivity index (χ2n) is 10.4. The Balaban J connectivity index is 1.63. The first-order valence-electron chi connectivity index (χ1n) is 14.4. The number of nitrogens with zero attached hydrogens (tertiary/aromatic N) is 4. The molecule has 0 spiro atoms. The van der Waals surface area contributed by atoms with Crippen LogP contribution in [-0.2, 0) is 14.2 Å². The third-order valence-corrected chi connectivity index (χ3v) is 7.20. The molecule has 1 aliphatic rings. The fourth-order valence-corrected chi connectivity index (χ4v) is 5.13. The van der Waals surface area contributed by atoms with Crippen molar-refractivity contribution in [3.63, 3.8) is 0 Å². The number of anilines is 2. The van der Waals surface area contributed by atoms with E-state index >= 15 is 0 Å². The number of morpholine rings is 1. The average molecular weight is 558 g/mol. The van der Waals surface area contributed by atoms with E-state index in [1.807, 2.05) is 28.9 Å². The van der Waals surface area contributed by atoms with Gasteiger partial charge in [-0.05, 0) is 66.8 Å². The summed E-state index contributed by atoms with van der Waals surface area (Å²) in [4.78, 5) is 20.2. The molecular formula is C32H39N5O4. The van der Waals surface area contributed by atoms with Gasteiger partial charge in [-0.3, -0.25) is 0 Å². The fraction of sp³-hybridized carbons (Fsp3) is 0.406. The van der Waals surface area contributed by atoms with Crippen molar-refractivity contribution < 1.29 is 19.0 Å². The predicted octanol–water partition coefficient (Wildman–Crippen LogP) is 5.67. The van der Waals surface area contributed by atoms with Gasteiger partial charge in [-0.25, -0.2) is 14.5 Å². The van der Waals surface area contributed by atoms with Crippen LogP contribution in [0.5, 0.6) is 0 Å². The minimum absolute atomic E-state index is 0.135. The summed E-state index contributed by atoms with van der Waals surface area (Å²) in [6, 6.07) is 18.4. The Kier molecular flexibility index (Phi) is 9.16. The molecule has 0 atom stereocenters. The van der Waals surface area contributed by atoms with E-state index in [9.17, 15) is 4.79 Å². The van der Waals surface area contributed by atoms with Crippen LogP contribution in [-0.4, -0.2) is 73.9 Å². The van der Waals surface area contributed by atoms with Gasteiger partial charge in [-0.15, -0.1) is 0 Å². The summed E-state index contributed by atoms with van der Waals surface area (Å²) >= 11 is 0. The molecule has 0 radical (unpaired) electrons. The van der Waals surface area contributed by atoms with Crippen molar-refractivity contribution in [2.45, 2.75) is 33.1 Å². The van der Waals surface area contributed by atoms with Gasteiger partial charge in [0, 0.05) is 44.7 Å². The lowest BCUT2D eigenvalue weighted by Crippen LogP contribution is -2.36. The molecule has 216 valence electrons. The lowest BCUT2D eigenvalue weighted by Gasteiger charge is -2.29. The summed E-state index contributed by atoms with van der Waals surface area (Å²) in [7, 11) is 1.71. The lowest BCUT2D eigenvalue weighted by molar-refractivity contribution is 0.0520. The lowest BCUT2D eigenvalue weighted by atomic mass is 9.97. The van der Waals surface area contributed by atoms with Crippen molar-refractivity contribution in [1.82, 2.24) is 14.8 Å². The fourth-order valence-electron chi connectivity index (χ4n) is 5.13. The monoisotopic (exact) mass is 557 g/mol. The van der Waals surface area contributed by atoms with Crippen LogP contribution >= 0.6 is 0 Å². The van der Waals surface area contributed by atoms with Crippen molar-refractivity contribution in [3.8, 4) is 16.8 Å². The molecule has 2 aromatic heterocycles. The van der Waals surface area contributed by atoms with Gasteiger partial charge in [0.15, 0.2) is 11.3 Å². The number of aromatic nitrogens is 3. The minimum Gasteiger partial charge on any atom is -0.461 e. The summed E-state index contributed by atoms with van der Waals surface area (Å²) in [5, 5.41) is 9.46. The highest BCUT2D eigenvalue weighted by atomic mass is 16.5. The number of pyridine rings is 1. The Morgan fingerprint density at radius 3 is 2.56 bits per heavy atom. The molecule has 0 amide bonds. The van der Waals surface area contributed by atoms with E-state index in [0.29, 0.717) is 12.3 Å². The number of ether oxygens (including phenoxy) is 3. The van der Waals surface area contributed by atoms with E-state index in [-0.39, 0.29) is 18.2 Å². The molecule has 9 heteroatoms. The Labute approximate surface area is 241 Å². The molecule has 1 fully saturated rings. The van der Waals surface area contributed by atoms with Crippen molar-refractivity contribution in [3.05, 3.63) is 66.0 Å². The molecule has 9 nitrogen and oxygen atoms in total. The van der Waals surface area contributed by atoms with Crippen LogP contribution in [0.4, 0.5) is 11.4 Å². The number of hydrogen-bond acceptors (Lipinski definition) is 8. The topological polar surface area (TPSA) is 90.7 Å². The van der Waals surface area contributed by atoms with Crippen LogP contribution in [0.1, 0.15) is 49.3 Å². The molecule has 41 heavy (non-hydrogen) atoms. The van der Waals surface area contributed by atoms with Crippen LogP contribution in [0, 0.1) is 0 Å². The largest absolute Gasteiger partial charge is 0.461 e. The Morgan fingerprint density at radius 2 is 1.85 bits per heavy atom. The average Bonchev–Trinajstić information content (AvgIpc) is 3.40. The molecule has 0 unspecified atom stereocenters. The molecule has 1 saturated heterocycles. The zero-order chi connectivity index (χ0) is 28.8. The van der Waals surface area contributed by atoms with E-state index in [4.69, 9.17) is 24.3 Å². The molecule has 3 heterocycles. The normalized spacial score (nSPS) is 13.6. The maximum Gasteiger partial charge on any atom is 0.357 e. The Morgan fingerprint density at radius 1 is 1.07 bits per heavy atom. The van der Waals surface area contributed by atoms with Gasteiger partial charge < -0.3 is 24.4 Å². The molecule has 2 aromatic carbocycles. The number of carbonyl (C=O) groups is 1. The van der Waals surface area contributed by atoms with E-state index in [0.717, 1.165) is 78.5 Å². The van der Waals surface area contributed by atoms with E-state index < -0.39 is 5.97 Å². The van der Waals surface area contributed by atoms with Gasteiger partial charge in [0.25, 0.3) is 0 Å². The van der Waals surface area contributed by atoms with Gasteiger partial charge in [0.05, 0.1) is 36.6 Å². The Hall–Kier alpha value is -3.95. The van der Waals surface area contributed by atoms with Crippen molar-refractivity contribution in [2.75, 3.05) is 63.4 Å². The zero-order valence-corrected chi connectivity index (χ0v) is 24.4. The van der Waals surface area contributed by atoms with Crippen LogP contribution in [0.2, 0.25) is 0 Å². The van der Waals surface area contributed by atoms with E-state index in [1.165, 1.54) is 0 Å². The van der Waals surface area contributed by atoms with Crippen LogP contribution in [0.15, 0.2) is 54.6 Å². The van der Waals surface area contributed by atoms with Gasteiger partial charge in [0.2, 0.25) is 0 Å². The quantitative estimate of drug-likeness (QED) is 0.186. The molecule has 5 rings (SSSR count). The van der Waals surface area contributed by atoms with Crippen molar-refractivity contribution in [2.24, 2.45) is 0 Å². The summed E-state index contributed by atoms with van der Waals surface area (Å²) in [5.74, 6) is -0.316. The standard InChI is InChI=1S/C32H39N5O4/c1-5-41-32(38)28-21-27(23-10-12-25(13-11-23)36-15-18-40-19-16-36)29-30(22(2)3)35-37(31(29)34-28)26-9-6-8-24(20-26)33-14-7-17-39-4/h6,8-13,20-22,33H,5,7,14-19H2,1-4H3. The van der Waals surface area contributed by atoms with Gasteiger partial charge in [-0.1, -0.05) is 32.0 Å². The van der Waals surface area contributed by atoms with Gasteiger partial charge in [0.1, 0.15) is 0 Å². The minimum atomic E-state index is -0.451. The number of carbonyl (C=O) groups excluding carboxylic acids is 1. The van der Waals surface area contributed by atoms with Crippen LogP contribution in [0.3, 0.4) is 0 Å². The van der Waals surface area contributed by atoms with E-state index in [2.05, 4.69) is 54.4 Å². The maximum atomic E-state index is 13.0. The SMILES string of the molecule is CCOC(=O)c1cc(-c2ccc(N3CCOCC3)cc2)c2c(C(C)C)nn(-c3cccc(NCCCOC)c3)c2n1. The third-order valence-electron chi connectivity index (χ3n) is 7.20. The van der Waals surface area contributed by atoms with Crippen molar-refractivity contribution in [1.29, 1.82) is 0 Å². The molecule has 0 bridgehead atoms. The first-order valence-corrected chi connectivity index (χ1v) is 14.4. The summed E-state index contributed by atoms with van der Waals surface area (Å²) in [6.45, 7) is 11.0. The highest BCUT2D eigenvalue weighted by Crippen LogP contribution is 2.36. The molecular weight excluding hydrogens is 518 g/mol. The number of methoxy groups -OCH3 is 1. The molecule has 1 aliphatic heterocycles. The van der Waals surface area contributed by atoms with Gasteiger partial charge >= 0.3 is 5.97 Å². The number of nitrogens with one attached hydrogen (secondary N) is 1. The first-order chi connectivity index (χ1) is 20.0. The number of esters is 1. The number of hydrogen-bond donors (Lipinski definition) is 1. The molecule has 4 aromatic rings.